The number of nitrogens with zero attached hydrogens (tertiary/aromatic N) is 4. The minimum absolute atomic E-state index is 0.189. The molecule has 154 valence electrons. The van der Waals surface area contributed by atoms with E-state index in [2.05, 4.69) is 31.2 Å². The Kier molecular flexibility index (Phi) is 5.25. The van der Waals surface area contributed by atoms with E-state index in [1.807, 2.05) is 6.92 Å². The highest BCUT2D eigenvalue weighted by Gasteiger charge is 2.53. The van der Waals surface area contributed by atoms with Gasteiger partial charge in [-0.25, -0.2) is 4.79 Å². The molecule has 8 nitrogen and oxygen atoms in total. The van der Waals surface area contributed by atoms with Crippen LogP contribution in [0.4, 0.5) is 10.5 Å². The van der Waals surface area contributed by atoms with Gasteiger partial charge >= 0.3 is 6.03 Å². The number of nitrogens with one attached hydrogen (secondary N) is 1. The summed E-state index contributed by atoms with van der Waals surface area (Å²) in [6, 6.07) is -0.463. The number of carbonyl (C=O) groups excluding carboxylic acids is 3. The Balaban J connectivity index is 1.69. The van der Waals surface area contributed by atoms with Gasteiger partial charge in [0.1, 0.15) is 12.1 Å². The first kappa shape index (κ1) is 20.4. The summed E-state index contributed by atoms with van der Waals surface area (Å²) in [5, 5.41) is 6.99. The van der Waals surface area contributed by atoms with E-state index in [4.69, 9.17) is 0 Å². The number of likely N-dealkylation sites (N-methyl/N-ethyl adjacent to an activating group) is 1. The Morgan fingerprint density at radius 3 is 2.46 bits per heavy atom. The second kappa shape index (κ2) is 7.22. The molecule has 4 amide bonds. The van der Waals surface area contributed by atoms with Crippen LogP contribution in [0.25, 0.3) is 0 Å². The Hall–Kier alpha value is -2.38. The molecule has 28 heavy (non-hydrogen) atoms. The van der Waals surface area contributed by atoms with Crippen molar-refractivity contribution in [2.45, 2.75) is 58.9 Å². The van der Waals surface area contributed by atoms with Crippen molar-refractivity contribution >= 4 is 23.5 Å². The molecule has 1 spiro atoms. The van der Waals surface area contributed by atoms with E-state index >= 15 is 0 Å². The monoisotopic (exact) mass is 389 g/mol. The van der Waals surface area contributed by atoms with Crippen LogP contribution in [-0.4, -0.2) is 51.2 Å². The van der Waals surface area contributed by atoms with Gasteiger partial charge < -0.3 is 10.2 Å². The molecule has 0 aromatic carbocycles. The van der Waals surface area contributed by atoms with E-state index in [-0.39, 0.29) is 23.8 Å². The van der Waals surface area contributed by atoms with Crippen LogP contribution in [0.3, 0.4) is 0 Å². The van der Waals surface area contributed by atoms with Crippen LogP contribution in [0.1, 0.15) is 53.4 Å². The number of anilines is 1. The molecule has 1 aliphatic heterocycles. The van der Waals surface area contributed by atoms with Gasteiger partial charge in [0.05, 0.1) is 11.9 Å². The van der Waals surface area contributed by atoms with Gasteiger partial charge in [0.15, 0.2) is 0 Å². The first-order valence-electron chi connectivity index (χ1n) is 10.0. The van der Waals surface area contributed by atoms with Crippen LogP contribution in [0.2, 0.25) is 0 Å². The maximum atomic E-state index is 13.1. The van der Waals surface area contributed by atoms with Crippen molar-refractivity contribution in [3.8, 4) is 0 Å². The summed E-state index contributed by atoms with van der Waals surface area (Å²) < 4.78 is 1.61. The van der Waals surface area contributed by atoms with Crippen LogP contribution in [0, 0.1) is 11.3 Å². The number of imide groups is 1. The van der Waals surface area contributed by atoms with Crippen molar-refractivity contribution in [3.05, 3.63) is 12.4 Å². The molecule has 1 saturated heterocycles. The molecule has 1 aliphatic carbocycles. The maximum Gasteiger partial charge on any atom is 0.325 e. The average Bonchev–Trinajstić information content (AvgIpc) is 3.13. The Morgan fingerprint density at radius 1 is 1.32 bits per heavy atom. The lowest BCUT2D eigenvalue weighted by Crippen LogP contribution is -2.51. The van der Waals surface area contributed by atoms with Gasteiger partial charge in [-0.3, -0.25) is 19.2 Å². The maximum absolute atomic E-state index is 13.1. The number of aromatic nitrogens is 2. The predicted molar refractivity (Wildman–Crippen MR) is 106 cm³/mol. The molecule has 2 aliphatic rings. The molecule has 0 radical (unpaired) electrons. The number of hydrogen-bond acceptors (Lipinski definition) is 4. The standard InChI is InChI=1S/C20H31N5O3/c1-6-24(15-11-21-23(5)12-15)16(26)13-25-17(27)20(22-18(25)28)9-7-14(8-10-20)19(2,3)4/h11-12,14H,6-10,13H2,1-5H3,(H,22,28). The second-order valence-electron chi connectivity index (χ2n) is 9.05. The number of amides is 4. The second-order valence-corrected chi connectivity index (χ2v) is 9.05. The largest absolute Gasteiger partial charge is 0.325 e. The third kappa shape index (κ3) is 3.64. The lowest BCUT2D eigenvalue weighted by atomic mass is 9.67. The molecule has 2 heterocycles. The van der Waals surface area contributed by atoms with Crippen molar-refractivity contribution in [2.75, 3.05) is 18.0 Å². The fourth-order valence-electron chi connectivity index (χ4n) is 4.41. The van der Waals surface area contributed by atoms with Crippen LogP contribution in [0.15, 0.2) is 12.4 Å². The van der Waals surface area contributed by atoms with E-state index in [0.717, 1.165) is 17.7 Å². The summed E-state index contributed by atoms with van der Waals surface area (Å²) in [6.45, 7) is 8.69. The van der Waals surface area contributed by atoms with Gasteiger partial charge in [0.2, 0.25) is 5.91 Å². The molecule has 3 rings (SSSR count). The summed E-state index contributed by atoms with van der Waals surface area (Å²) >= 11 is 0. The summed E-state index contributed by atoms with van der Waals surface area (Å²) in [5.41, 5.74) is 0.00101. The fourth-order valence-corrected chi connectivity index (χ4v) is 4.41. The molecule has 0 unspecified atom stereocenters. The lowest BCUT2D eigenvalue weighted by molar-refractivity contribution is -0.135. The minimum atomic E-state index is -0.843. The van der Waals surface area contributed by atoms with Crippen molar-refractivity contribution in [1.29, 1.82) is 0 Å². The third-order valence-electron chi connectivity index (χ3n) is 6.22. The van der Waals surface area contributed by atoms with E-state index in [0.29, 0.717) is 31.0 Å². The number of rotatable bonds is 4. The van der Waals surface area contributed by atoms with Gasteiger partial charge in [-0.2, -0.15) is 5.10 Å². The van der Waals surface area contributed by atoms with Gasteiger partial charge in [-0.05, 0) is 43.9 Å². The first-order valence-corrected chi connectivity index (χ1v) is 10.0. The van der Waals surface area contributed by atoms with Gasteiger partial charge in [0.25, 0.3) is 5.91 Å². The van der Waals surface area contributed by atoms with Crippen molar-refractivity contribution in [3.63, 3.8) is 0 Å². The van der Waals surface area contributed by atoms with Crippen LogP contribution in [0.5, 0.6) is 0 Å². The quantitative estimate of drug-likeness (QED) is 0.801. The van der Waals surface area contributed by atoms with E-state index in [9.17, 15) is 14.4 Å². The molecule has 1 N–H and O–H groups in total. The molecule has 0 bridgehead atoms. The molecule has 1 aromatic rings. The normalized spacial score (nSPS) is 25.3. The van der Waals surface area contributed by atoms with Crippen LogP contribution in [-0.2, 0) is 16.6 Å². The Labute approximate surface area is 166 Å². The molecule has 8 heteroatoms. The third-order valence-corrected chi connectivity index (χ3v) is 6.22. The van der Waals surface area contributed by atoms with Gasteiger partial charge in [-0.15, -0.1) is 0 Å². The highest BCUT2D eigenvalue weighted by molar-refractivity contribution is 6.10. The summed E-state index contributed by atoms with van der Waals surface area (Å²) in [5.74, 6) is -0.0282. The highest BCUT2D eigenvalue weighted by Crippen LogP contribution is 2.43. The topological polar surface area (TPSA) is 87.5 Å². The minimum Gasteiger partial charge on any atom is -0.323 e. The number of hydrogen-bond donors (Lipinski definition) is 1. The van der Waals surface area contributed by atoms with Crippen molar-refractivity contribution in [2.24, 2.45) is 18.4 Å². The molecule has 0 atom stereocenters. The molecule has 2 fully saturated rings. The van der Waals surface area contributed by atoms with E-state index in [1.165, 1.54) is 4.90 Å². The zero-order valence-corrected chi connectivity index (χ0v) is 17.5. The molecular formula is C20H31N5O3. The zero-order chi connectivity index (χ0) is 20.7. The van der Waals surface area contributed by atoms with Gasteiger partial charge in [-0.1, -0.05) is 20.8 Å². The van der Waals surface area contributed by atoms with Gasteiger partial charge in [0, 0.05) is 19.8 Å². The molecule has 1 aromatic heterocycles. The SMILES string of the molecule is CCN(C(=O)CN1C(=O)NC2(CCC(C(C)(C)C)CC2)C1=O)c1cnn(C)c1. The Morgan fingerprint density at radius 2 is 1.96 bits per heavy atom. The van der Waals surface area contributed by atoms with E-state index in [1.54, 1.807) is 24.1 Å². The van der Waals surface area contributed by atoms with Crippen LogP contribution >= 0.6 is 0 Å². The lowest BCUT2D eigenvalue weighted by Gasteiger charge is -2.40. The average molecular weight is 390 g/mol. The smallest absolute Gasteiger partial charge is 0.323 e. The number of aryl methyl sites for hydroxylation is 1. The highest BCUT2D eigenvalue weighted by atomic mass is 16.2. The molecule has 1 saturated carbocycles. The summed E-state index contributed by atoms with van der Waals surface area (Å²) in [6.07, 6.45) is 6.39. The van der Waals surface area contributed by atoms with Crippen LogP contribution < -0.4 is 10.2 Å². The fraction of sp³-hybridized carbons (Fsp3) is 0.700. The molecular weight excluding hydrogens is 358 g/mol. The van der Waals surface area contributed by atoms with Crippen molar-refractivity contribution in [1.82, 2.24) is 20.0 Å². The Bertz CT molecular complexity index is 771. The first-order chi connectivity index (χ1) is 13.1. The summed E-state index contributed by atoms with van der Waals surface area (Å²) in [7, 11) is 1.77. The van der Waals surface area contributed by atoms with E-state index < -0.39 is 11.6 Å². The number of carbonyl (C=O) groups is 3. The zero-order valence-electron chi connectivity index (χ0n) is 17.5. The van der Waals surface area contributed by atoms with Crippen molar-refractivity contribution < 1.29 is 14.4 Å². The number of urea groups is 1. The predicted octanol–water partition coefficient (Wildman–Crippen LogP) is 2.30. The summed E-state index contributed by atoms with van der Waals surface area (Å²) in [4.78, 5) is 41.0.